The van der Waals surface area contributed by atoms with Crippen LogP contribution in [0.25, 0.3) is 0 Å². The summed E-state index contributed by atoms with van der Waals surface area (Å²) in [6.07, 6.45) is 3.24. The summed E-state index contributed by atoms with van der Waals surface area (Å²) < 4.78 is 5.07. The average molecular weight is 269 g/mol. The van der Waals surface area contributed by atoms with Crippen LogP contribution in [0.5, 0.6) is 5.75 Å². The third kappa shape index (κ3) is 2.91. The first-order valence-electron chi connectivity index (χ1n) is 6.19. The van der Waals surface area contributed by atoms with Gasteiger partial charge in [-0.3, -0.25) is 9.59 Å². The zero-order chi connectivity index (χ0) is 14.7. The number of carbonyl (C=O) groups is 2. The van der Waals surface area contributed by atoms with Crippen molar-refractivity contribution < 1.29 is 14.3 Å². The van der Waals surface area contributed by atoms with E-state index in [-0.39, 0.29) is 11.7 Å². The zero-order valence-corrected chi connectivity index (χ0v) is 11.6. The van der Waals surface area contributed by atoms with E-state index < -0.39 is 0 Å². The van der Waals surface area contributed by atoms with Crippen molar-refractivity contribution in [3.05, 3.63) is 53.1 Å². The van der Waals surface area contributed by atoms with Gasteiger partial charge in [-0.05, 0) is 55.3 Å². The van der Waals surface area contributed by atoms with Crippen LogP contribution >= 0.6 is 0 Å². The van der Waals surface area contributed by atoms with Crippen LogP contribution in [0.3, 0.4) is 0 Å². The van der Waals surface area contributed by atoms with Crippen molar-refractivity contribution >= 4 is 17.4 Å². The molecule has 0 N–H and O–H groups in total. The van der Waals surface area contributed by atoms with Crippen LogP contribution in [0.15, 0.2) is 52.6 Å². The highest BCUT2D eigenvalue weighted by Gasteiger charge is 2.15. The molecule has 0 saturated heterocycles. The number of ketones is 1. The summed E-state index contributed by atoms with van der Waals surface area (Å²) in [5.41, 5.74) is 2.11. The van der Waals surface area contributed by atoms with Crippen LogP contribution in [0.1, 0.15) is 24.2 Å². The Labute approximate surface area is 117 Å². The first kappa shape index (κ1) is 13.9. The minimum atomic E-state index is -0.360. The van der Waals surface area contributed by atoms with Gasteiger partial charge in [0, 0.05) is 5.56 Å². The highest BCUT2D eigenvalue weighted by atomic mass is 16.5. The number of hydrogen-bond donors (Lipinski definition) is 0. The molecule has 0 heterocycles. The van der Waals surface area contributed by atoms with E-state index >= 15 is 0 Å². The average Bonchev–Trinajstić information content (AvgIpc) is 2.44. The van der Waals surface area contributed by atoms with Crippen molar-refractivity contribution in [2.24, 2.45) is 4.99 Å². The summed E-state index contributed by atoms with van der Waals surface area (Å²) in [6, 6.07) is 6.81. The second-order valence-corrected chi connectivity index (χ2v) is 4.56. The predicted molar refractivity (Wildman–Crippen MR) is 77.3 cm³/mol. The molecule has 2 rings (SSSR count). The van der Waals surface area contributed by atoms with Crippen LogP contribution in [0.4, 0.5) is 0 Å². The van der Waals surface area contributed by atoms with E-state index in [1.165, 1.54) is 0 Å². The molecule has 1 aliphatic rings. The number of carbonyl (C=O) groups excluding carboxylic acids is 2. The van der Waals surface area contributed by atoms with E-state index in [1.807, 2.05) is 0 Å². The predicted octanol–water partition coefficient (Wildman–Crippen LogP) is 2.75. The summed E-state index contributed by atoms with van der Waals surface area (Å²) in [7, 11) is 1.54. The lowest BCUT2D eigenvalue weighted by molar-refractivity contribution is -0.112. The van der Waals surface area contributed by atoms with E-state index in [9.17, 15) is 9.59 Å². The number of Topliss-reactive ketones (excluding diaryl/α,β-unsaturated/α-hetero) is 1. The van der Waals surface area contributed by atoms with Crippen LogP contribution in [-0.4, -0.2) is 24.5 Å². The van der Waals surface area contributed by atoms with Gasteiger partial charge in [0.2, 0.25) is 0 Å². The Hall–Kier alpha value is -2.49. The van der Waals surface area contributed by atoms with Gasteiger partial charge in [-0.1, -0.05) is 6.07 Å². The molecule has 0 aromatic heterocycles. The molecular weight excluding hydrogens is 254 g/mol. The van der Waals surface area contributed by atoms with Crippen molar-refractivity contribution in [3.63, 3.8) is 0 Å². The highest BCUT2D eigenvalue weighted by molar-refractivity contribution is 6.23. The van der Waals surface area contributed by atoms with Crippen molar-refractivity contribution in [1.82, 2.24) is 0 Å². The van der Waals surface area contributed by atoms with Crippen LogP contribution in [-0.2, 0) is 4.79 Å². The number of ether oxygens (including phenoxy) is 1. The molecule has 0 radical (unpaired) electrons. The first-order chi connectivity index (χ1) is 9.51. The Bertz CT molecular complexity index is 642. The van der Waals surface area contributed by atoms with Crippen LogP contribution < -0.4 is 4.74 Å². The van der Waals surface area contributed by atoms with Crippen molar-refractivity contribution in [1.29, 1.82) is 0 Å². The number of rotatable bonds is 2. The van der Waals surface area contributed by atoms with Crippen molar-refractivity contribution in [2.75, 3.05) is 7.11 Å². The second kappa shape index (κ2) is 5.65. The number of methoxy groups -OCH3 is 1. The largest absolute Gasteiger partial charge is 0.497 e. The lowest BCUT2D eigenvalue weighted by atomic mass is 9.98. The Kier molecular flexibility index (Phi) is 3.94. The van der Waals surface area contributed by atoms with Gasteiger partial charge in [0.05, 0.1) is 12.8 Å². The van der Waals surface area contributed by atoms with Gasteiger partial charge in [0.15, 0.2) is 5.78 Å². The summed E-state index contributed by atoms with van der Waals surface area (Å²) in [5.74, 6) is 0.229. The molecule has 0 spiro atoms. The molecule has 4 heteroatoms. The normalized spacial score (nSPS) is 14.6. The molecule has 4 nitrogen and oxygen atoms in total. The number of nitrogens with zero attached hydrogens (tertiary/aromatic N) is 1. The Balaban J connectivity index is 2.31. The van der Waals surface area contributed by atoms with Gasteiger partial charge in [-0.15, -0.1) is 0 Å². The second-order valence-electron chi connectivity index (χ2n) is 4.56. The van der Waals surface area contributed by atoms with Gasteiger partial charge in [0.25, 0.3) is 5.91 Å². The van der Waals surface area contributed by atoms with E-state index in [2.05, 4.69) is 4.99 Å². The third-order valence-electron chi connectivity index (χ3n) is 2.99. The first-order valence-corrected chi connectivity index (χ1v) is 6.19. The van der Waals surface area contributed by atoms with Gasteiger partial charge >= 0.3 is 0 Å². The summed E-state index contributed by atoms with van der Waals surface area (Å²) in [4.78, 5) is 27.7. The number of aliphatic imine (C=N–C) groups is 1. The molecule has 1 aromatic carbocycles. The Morgan fingerprint density at radius 2 is 1.80 bits per heavy atom. The fraction of sp³-hybridized carbons (Fsp3) is 0.188. The van der Waals surface area contributed by atoms with Gasteiger partial charge < -0.3 is 4.74 Å². The third-order valence-corrected chi connectivity index (χ3v) is 2.99. The molecule has 0 atom stereocenters. The quantitative estimate of drug-likeness (QED) is 0.776. The fourth-order valence-corrected chi connectivity index (χ4v) is 1.93. The monoisotopic (exact) mass is 269 g/mol. The number of hydrogen-bond acceptors (Lipinski definition) is 3. The van der Waals surface area contributed by atoms with Crippen molar-refractivity contribution in [2.45, 2.75) is 13.8 Å². The fourth-order valence-electron chi connectivity index (χ4n) is 1.93. The summed E-state index contributed by atoms with van der Waals surface area (Å²) in [5, 5.41) is 0. The summed E-state index contributed by atoms with van der Waals surface area (Å²) >= 11 is 0. The lowest BCUT2D eigenvalue weighted by Gasteiger charge is -2.08. The lowest BCUT2D eigenvalue weighted by Crippen LogP contribution is -2.12. The Morgan fingerprint density at radius 3 is 2.40 bits per heavy atom. The number of allylic oxidation sites excluding steroid dienone is 4. The molecule has 0 unspecified atom stereocenters. The summed E-state index contributed by atoms with van der Waals surface area (Å²) in [6.45, 7) is 3.43. The molecular formula is C16H15NO3. The minimum absolute atomic E-state index is 0.0159. The standard InChI is InChI=1S/C16H15NO3/c1-10-7-13(8-11(2)15(10)18)17-16(19)12-5-4-6-14(9-12)20-3/h4-9H,1-3H3. The van der Waals surface area contributed by atoms with Crippen LogP contribution in [0, 0.1) is 0 Å². The van der Waals surface area contributed by atoms with Crippen LogP contribution in [0.2, 0.25) is 0 Å². The van der Waals surface area contributed by atoms with Gasteiger partial charge in [0.1, 0.15) is 5.75 Å². The molecule has 0 bridgehead atoms. The van der Waals surface area contributed by atoms with E-state index in [0.29, 0.717) is 28.2 Å². The van der Waals surface area contributed by atoms with Gasteiger partial charge in [-0.2, -0.15) is 0 Å². The van der Waals surface area contributed by atoms with E-state index in [4.69, 9.17) is 4.74 Å². The number of benzene rings is 1. The molecule has 20 heavy (non-hydrogen) atoms. The maximum absolute atomic E-state index is 12.1. The highest BCUT2D eigenvalue weighted by Crippen LogP contribution is 2.15. The maximum atomic E-state index is 12.1. The maximum Gasteiger partial charge on any atom is 0.277 e. The molecule has 0 saturated carbocycles. The molecule has 102 valence electrons. The smallest absolute Gasteiger partial charge is 0.277 e. The van der Waals surface area contributed by atoms with E-state index in [0.717, 1.165) is 0 Å². The van der Waals surface area contributed by atoms with E-state index in [1.54, 1.807) is 57.4 Å². The van der Waals surface area contributed by atoms with Crippen molar-refractivity contribution in [3.8, 4) is 5.75 Å². The topological polar surface area (TPSA) is 55.7 Å². The molecule has 0 fully saturated rings. The molecule has 1 aromatic rings. The SMILES string of the molecule is COc1cccc(C(=O)N=C2C=C(C)C(=O)C(C)=C2)c1. The van der Waals surface area contributed by atoms with Gasteiger partial charge in [-0.25, -0.2) is 4.99 Å². The molecule has 0 aliphatic heterocycles. The number of amides is 1. The Morgan fingerprint density at radius 1 is 1.15 bits per heavy atom. The zero-order valence-electron chi connectivity index (χ0n) is 11.6. The minimum Gasteiger partial charge on any atom is -0.497 e. The molecule has 1 amide bonds. The molecule has 1 aliphatic carbocycles.